The molecule has 1 aliphatic heterocycles. The summed E-state index contributed by atoms with van der Waals surface area (Å²) in [6.07, 6.45) is 3.38. The third-order valence-corrected chi connectivity index (χ3v) is 3.69. The minimum absolute atomic E-state index is 0.305. The average Bonchev–Trinajstić information content (AvgIpc) is 2.91. The predicted octanol–water partition coefficient (Wildman–Crippen LogP) is 3.47. The number of unbranched alkanes of at least 4 members (excludes halogenated alkanes) is 1. The summed E-state index contributed by atoms with van der Waals surface area (Å²) in [7, 11) is 0. The molecule has 0 spiro atoms. The number of nitrogens with one attached hydrogen (secondary N) is 1. The maximum Gasteiger partial charge on any atom is 0.231 e. The topological polar surface area (TPSA) is 39.7 Å². The first-order valence-electron chi connectivity index (χ1n) is 7.17. The first-order chi connectivity index (χ1) is 9.81. The van der Waals surface area contributed by atoms with E-state index < -0.39 is 0 Å². The molecule has 1 aromatic carbocycles. The molecule has 1 N–H and O–H groups in total. The maximum atomic E-state index is 5.52. The van der Waals surface area contributed by atoms with Crippen molar-refractivity contribution in [3.05, 3.63) is 22.2 Å². The Balaban J connectivity index is 1.64. The van der Waals surface area contributed by atoms with Crippen molar-refractivity contribution in [2.24, 2.45) is 0 Å². The van der Waals surface area contributed by atoms with Gasteiger partial charge in [0, 0.05) is 19.8 Å². The molecule has 0 atom stereocenters. The zero-order valence-electron chi connectivity index (χ0n) is 11.9. The van der Waals surface area contributed by atoms with Crippen molar-refractivity contribution in [1.82, 2.24) is 5.32 Å². The summed E-state index contributed by atoms with van der Waals surface area (Å²) in [4.78, 5) is 0. The molecular formula is C15H22BrNO3. The Morgan fingerprint density at radius 1 is 1.25 bits per heavy atom. The molecule has 4 nitrogen and oxygen atoms in total. The monoisotopic (exact) mass is 343 g/mol. The molecule has 20 heavy (non-hydrogen) atoms. The molecule has 0 bridgehead atoms. The van der Waals surface area contributed by atoms with Gasteiger partial charge < -0.3 is 19.5 Å². The van der Waals surface area contributed by atoms with Gasteiger partial charge in [0.15, 0.2) is 11.5 Å². The van der Waals surface area contributed by atoms with E-state index in [9.17, 15) is 0 Å². The van der Waals surface area contributed by atoms with Crippen LogP contribution < -0.4 is 14.8 Å². The highest BCUT2D eigenvalue weighted by molar-refractivity contribution is 9.10. The van der Waals surface area contributed by atoms with Crippen LogP contribution in [0.15, 0.2) is 16.6 Å². The molecular weight excluding hydrogens is 322 g/mol. The van der Waals surface area contributed by atoms with E-state index in [2.05, 4.69) is 34.2 Å². The molecule has 0 amide bonds. The molecule has 0 saturated heterocycles. The summed E-state index contributed by atoms with van der Waals surface area (Å²) in [6, 6.07) is 4.09. The molecule has 1 aromatic rings. The van der Waals surface area contributed by atoms with Gasteiger partial charge >= 0.3 is 0 Å². The third-order valence-electron chi connectivity index (χ3n) is 3.10. The van der Waals surface area contributed by atoms with Crippen molar-refractivity contribution in [3.8, 4) is 11.5 Å². The van der Waals surface area contributed by atoms with Crippen molar-refractivity contribution in [2.75, 3.05) is 26.6 Å². The average molecular weight is 344 g/mol. The lowest BCUT2D eigenvalue weighted by atomic mass is 10.2. The highest BCUT2D eigenvalue weighted by Crippen LogP contribution is 2.39. The first-order valence-corrected chi connectivity index (χ1v) is 7.97. The van der Waals surface area contributed by atoms with Crippen LogP contribution in [0, 0.1) is 0 Å². The molecule has 1 heterocycles. The standard InChI is InChI=1S/C15H22BrNO3/c1-2-3-6-18-7-4-5-17-10-12-8-13(16)15-14(9-12)19-11-20-15/h8-9,17H,2-7,10-11H2,1H3. The van der Waals surface area contributed by atoms with Gasteiger partial charge in [0.25, 0.3) is 0 Å². The van der Waals surface area contributed by atoms with Crippen LogP contribution in [0.5, 0.6) is 11.5 Å². The van der Waals surface area contributed by atoms with Crippen LogP contribution in [0.25, 0.3) is 0 Å². The Hall–Kier alpha value is -0.780. The van der Waals surface area contributed by atoms with Crippen LogP contribution >= 0.6 is 15.9 Å². The van der Waals surface area contributed by atoms with E-state index in [-0.39, 0.29) is 0 Å². The molecule has 5 heteroatoms. The smallest absolute Gasteiger partial charge is 0.231 e. The van der Waals surface area contributed by atoms with Gasteiger partial charge in [-0.1, -0.05) is 13.3 Å². The summed E-state index contributed by atoms with van der Waals surface area (Å²) < 4.78 is 17.2. The first kappa shape index (κ1) is 15.6. The summed E-state index contributed by atoms with van der Waals surface area (Å²) in [5.74, 6) is 1.62. The van der Waals surface area contributed by atoms with Crippen molar-refractivity contribution in [3.63, 3.8) is 0 Å². The highest BCUT2D eigenvalue weighted by atomic mass is 79.9. The summed E-state index contributed by atoms with van der Waals surface area (Å²) in [6.45, 7) is 5.97. The number of ether oxygens (including phenoxy) is 3. The van der Waals surface area contributed by atoms with Gasteiger partial charge in [-0.3, -0.25) is 0 Å². The Morgan fingerprint density at radius 3 is 2.95 bits per heavy atom. The lowest BCUT2D eigenvalue weighted by Crippen LogP contribution is -2.16. The Labute approximate surface area is 128 Å². The second-order valence-electron chi connectivity index (χ2n) is 4.81. The summed E-state index contributed by atoms with van der Waals surface area (Å²) in [5.41, 5.74) is 1.19. The molecule has 0 saturated carbocycles. The van der Waals surface area contributed by atoms with Crippen LogP contribution in [-0.4, -0.2) is 26.6 Å². The maximum absolute atomic E-state index is 5.52. The zero-order chi connectivity index (χ0) is 14.2. The Bertz CT molecular complexity index is 426. The van der Waals surface area contributed by atoms with Gasteiger partial charge in [0.05, 0.1) is 4.47 Å². The van der Waals surface area contributed by atoms with Crippen LogP contribution in [0.1, 0.15) is 31.7 Å². The van der Waals surface area contributed by atoms with E-state index >= 15 is 0 Å². The minimum Gasteiger partial charge on any atom is -0.454 e. The summed E-state index contributed by atoms with van der Waals surface area (Å²) in [5, 5.41) is 3.41. The third kappa shape index (κ3) is 4.65. The minimum atomic E-state index is 0.305. The molecule has 112 valence electrons. The number of rotatable bonds is 9. The molecule has 0 unspecified atom stereocenters. The number of hydrogen-bond donors (Lipinski definition) is 1. The van der Waals surface area contributed by atoms with Gasteiger partial charge in [-0.15, -0.1) is 0 Å². The number of halogens is 1. The molecule has 0 aromatic heterocycles. The lowest BCUT2D eigenvalue weighted by Gasteiger charge is -2.07. The summed E-state index contributed by atoms with van der Waals surface area (Å²) >= 11 is 3.50. The largest absolute Gasteiger partial charge is 0.454 e. The molecule has 1 aliphatic rings. The molecule has 0 fully saturated rings. The second-order valence-corrected chi connectivity index (χ2v) is 5.66. The second kappa shape index (κ2) is 8.49. The van der Waals surface area contributed by atoms with Gasteiger partial charge in [-0.05, 0) is 53.0 Å². The number of fused-ring (bicyclic) bond motifs is 1. The van der Waals surface area contributed by atoms with Gasteiger partial charge in [-0.2, -0.15) is 0 Å². The van der Waals surface area contributed by atoms with Crippen LogP contribution in [0.3, 0.4) is 0 Å². The fourth-order valence-corrected chi connectivity index (χ4v) is 2.61. The predicted molar refractivity (Wildman–Crippen MR) is 82.3 cm³/mol. The lowest BCUT2D eigenvalue weighted by molar-refractivity contribution is 0.129. The molecule has 0 radical (unpaired) electrons. The van der Waals surface area contributed by atoms with Gasteiger partial charge in [-0.25, -0.2) is 0 Å². The highest BCUT2D eigenvalue weighted by Gasteiger charge is 2.17. The van der Waals surface area contributed by atoms with Crippen LogP contribution in [0.2, 0.25) is 0 Å². The Kier molecular flexibility index (Phi) is 6.63. The van der Waals surface area contributed by atoms with Crippen molar-refractivity contribution in [2.45, 2.75) is 32.7 Å². The quantitative estimate of drug-likeness (QED) is 0.697. The SMILES string of the molecule is CCCCOCCCNCc1cc(Br)c2c(c1)OCO2. The normalized spacial score (nSPS) is 12.9. The molecule has 0 aliphatic carbocycles. The van der Waals surface area contributed by atoms with Crippen LogP contribution in [-0.2, 0) is 11.3 Å². The van der Waals surface area contributed by atoms with E-state index in [4.69, 9.17) is 14.2 Å². The fraction of sp³-hybridized carbons (Fsp3) is 0.600. The zero-order valence-corrected chi connectivity index (χ0v) is 13.5. The number of benzene rings is 1. The van der Waals surface area contributed by atoms with Gasteiger partial charge in [0.2, 0.25) is 6.79 Å². The number of hydrogen-bond acceptors (Lipinski definition) is 4. The van der Waals surface area contributed by atoms with Crippen molar-refractivity contribution >= 4 is 15.9 Å². The van der Waals surface area contributed by atoms with Crippen molar-refractivity contribution < 1.29 is 14.2 Å². The fourth-order valence-electron chi connectivity index (χ4n) is 2.00. The van der Waals surface area contributed by atoms with E-state index in [1.807, 2.05) is 6.07 Å². The van der Waals surface area contributed by atoms with E-state index in [0.29, 0.717) is 6.79 Å². The van der Waals surface area contributed by atoms with Crippen LogP contribution in [0.4, 0.5) is 0 Å². The van der Waals surface area contributed by atoms with Crippen molar-refractivity contribution in [1.29, 1.82) is 0 Å². The molecule has 2 rings (SSSR count). The van der Waals surface area contributed by atoms with Gasteiger partial charge in [0.1, 0.15) is 0 Å². The van der Waals surface area contributed by atoms with E-state index in [0.717, 1.165) is 55.1 Å². The van der Waals surface area contributed by atoms with E-state index in [1.165, 1.54) is 12.0 Å². The Morgan fingerprint density at radius 2 is 2.10 bits per heavy atom. The van der Waals surface area contributed by atoms with E-state index in [1.54, 1.807) is 0 Å².